The minimum absolute atomic E-state index is 0.0122. The van der Waals surface area contributed by atoms with Crippen molar-refractivity contribution >= 4 is 40.0 Å². The van der Waals surface area contributed by atoms with Gasteiger partial charge in [-0.05, 0) is 106 Å². The first-order chi connectivity index (χ1) is 23.3. The Bertz CT molecular complexity index is 1270. The zero-order chi connectivity index (χ0) is 37.1. The van der Waals surface area contributed by atoms with Gasteiger partial charge >= 0.3 is 18.2 Å². The largest absolute Gasteiger partial charge is 0.466 e. The first-order valence-corrected chi connectivity index (χ1v) is 19.9. The van der Waals surface area contributed by atoms with Gasteiger partial charge in [0, 0.05) is 18.0 Å². The second-order valence-corrected chi connectivity index (χ2v) is 17.9. The van der Waals surface area contributed by atoms with Crippen LogP contribution in [0.2, 0.25) is 0 Å². The zero-order valence-corrected chi connectivity index (χ0v) is 31.9. The van der Waals surface area contributed by atoms with Crippen molar-refractivity contribution in [3.63, 3.8) is 0 Å². The van der Waals surface area contributed by atoms with Crippen molar-refractivity contribution in [2.75, 3.05) is 6.61 Å². The van der Waals surface area contributed by atoms with Gasteiger partial charge in [0.1, 0.15) is 11.2 Å². The Kier molecular flexibility index (Phi) is 15.4. The number of hydrogen-bond donors (Lipinski definition) is 4. The van der Waals surface area contributed by atoms with Crippen LogP contribution in [0.4, 0.5) is 9.59 Å². The summed E-state index contributed by atoms with van der Waals surface area (Å²) in [5.74, 6) is -0.977. The molecule has 286 valence electrons. The van der Waals surface area contributed by atoms with Gasteiger partial charge in [-0.1, -0.05) is 32.1 Å². The summed E-state index contributed by atoms with van der Waals surface area (Å²) in [7, 11) is -3.77. The molecule has 0 aromatic rings. The Balaban J connectivity index is 1.64. The molecule has 0 radical (unpaired) electrons. The van der Waals surface area contributed by atoms with Crippen LogP contribution in [0, 0.1) is 11.8 Å². The van der Waals surface area contributed by atoms with Crippen LogP contribution in [-0.4, -0.2) is 79.6 Å². The number of carbonyl (C=O) groups is 4. The maximum absolute atomic E-state index is 13.7. The predicted octanol–water partition coefficient (Wildman–Crippen LogP) is 5.20. The number of alkyl carbamates (subject to hydrolysis) is 2. The van der Waals surface area contributed by atoms with Crippen LogP contribution in [-0.2, 0) is 33.8 Å². The molecule has 3 saturated carbocycles. The van der Waals surface area contributed by atoms with E-state index in [1.54, 1.807) is 48.5 Å². The van der Waals surface area contributed by atoms with E-state index in [1.165, 1.54) is 0 Å². The number of hydrogen-bond acceptors (Lipinski definition) is 10. The first-order valence-electron chi connectivity index (χ1n) is 18.4. The van der Waals surface area contributed by atoms with Gasteiger partial charge in [-0.3, -0.25) is 20.2 Å². The van der Waals surface area contributed by atoms with Crippen molar-refractivity contribution < 1.29 is 41.8 Å². The number of nitrogens with zero attached hydrogens (tertiary/aromatic N) is 1. The highest BCUT2D eigenvalue weighted by Gasteiger charge is 2.38. The van der Waals surface area contributed by atoms with Gasteiger partial charge < -0.3 is 19.5 Å². The van der Waals surface area contributed by atoms with E-state index in [-0.39, 0.29) is 55.2 Å². The Morgan fingerprint density at radius 1 is 0.780 bits per heavy atom. The standard InChI is InChI=1S/C35H61N5O9S/c1-8-47-29(41)22-28(23-14-10-9-11-15-23)40-50(45,46)27-19-13-18-26(21-27)36-30(42)24-16-12-17-25(20-24)37-31(38-32(43)48-34(2,3)4)39-33(44)49-35(5,6)7/h23-28,40H,8-22H2,1-7H3,(H,36,42)(H2,37,38,39,43,44). The van der Waals surface area contributed by atoms with Gasteiger partial charge in [-0.15, -0.1) is 0 Å². The summed E-state index contributed by atoms with van der Waals surface area (Å²) >= 11 is 0. The average molecular weight is 728 g/mol. The highest BCUT2D eigenvalue weighted by Crippen LogP contribution is 2.31. The summed E-state index contributed by atoms with van der Waals surface area (Å²) in [4.78, 5) is 55.6. The third-order valence-electron chi connectivity index (χ3n) is 9.21. The van der Waals surface area contributed by atoms with E-state index in [0.717, 1.165) is 32.1 Å². The lowest BCUT2D eigenvalue weighted by Gasteiger charge is -2.35. The molecule has 3 aliphatic rings. The minimum atomic E-state index is -3.77. The van der Waals surface area contributed by atoms with E-state index < -0.39 is 50.7 Å². The summed E-state index contributed by atoms with van der Waals surface area (Å²) in [5, 5.41) is 7.44. The number of aliphatic imine (C=N–C) groups is 1. The molecule has 5 atom stereocenters. The molecule has 3 amide bonds. The number of guanidine groups is 1. The summed E-state index contributed by atoms with van der Waals surface area (Å²) in [6.07, 6.45) is 7.77. The highest BCUT2D eigenvalue weighted by molar-refractivity contribution is 7.90. The topological polar surface area (TPSA) is 191 Å². The maximum Gasteiger partial charge on any atom is 0.414 e. The monoisotopic (exact) mass is 727 g/mol. The van der Waals surface area contributed by atoms with Crippen molar-refractivity contribution in [2.24, 2.45) is 16.8 Å². The molecule has 50 heavy (non-hydrogen) atoms. The fourth-order valence-corrected chi connectivity index (χ4v) is 8.88. The van der Waals surface area contributed by atoms with Gasteiger partial charge in [0.25, 0.3) is 0 Å². The summed E-state index contributed by atoms with van der Waals surface area (Å²) < 4.78 is 46.1. The smallest absolute Gasteiger partial charge is 0.414 e. The van der Waals surface area contributed by atoms with E-state index in [4.69, 9.17) is 14.2 Å². The molecule has 3 rings (SSSR count). The van der Waals surface area contributed by atoms with Crippen LogP contribution in [0.3, 0.4) is 0 Å². The molecule has 0 heterocycles. The second-order valence-electron chi connectivity index (χ2n) is 15.9. The summed E-state index contributed by atoms with van der Waals surface area (Å²) in [5.41, 5.74) is -1.55. The van der Waals surface area contributed by atoms with Crippen LogP contribution in [0.5, 0.6) is 0 Å². The number of rotatable bonds is 10. The number of sulfonamides is 1. The molecule has 0 spiro atoms. The van der Waals surface area contributed by atoms with Crippen molar-refractivity contribution in [2.45, 2.75) is 173 Å². The van der Waals surface area contributed by atoms with Gasteiger partial charge in [-0.2, -0.15) is 0 Å². The fourth-order valence-electron chi connectivity index (χ4n) is 7.02. The van der Waals surface area contributed by atoms with Crippen molar-refractivity contribution in [1.29, 1.82) is 0 Å². The van der Waals surface area contributed by atoms with Gasteiger partial charge in [-0.25, -0.2) is 27.7 Å². The fraction of sp³-hybridized carbons (Fsp3) is 0.857. The molecule has 0 bridgehead atoms. The van der Waals surface area contributed by atoms with E-state index in [9.17, 15) is 27.6 Å². The van der Waals surface area contributed by atoms with Crippen molar-refractivity contribution in [1.82, 2.24) is 20.7 Å². The molecule has 3 fully saturated rings. The van der Waals surface area contributed by atoms with Gasteiger partial charge in [0.2, 0.25) is 21.9 Å². The molecule has 15 heteroatoms. The van der Waals surface area contributed by atoms with Crippen LogP contribution in [0.25, 0.3) is 0 Å². The van der Waals surface area contributed by atoms with Crippen LogP contribution < -0.4 is 20.7 Å². The molecule has 5 unspecified atom stereocenters. The summed E-state index contributed by atoms with van der Waals surface area (Å²) in [6, 6.07) is -1.19. The average Bonchev–Trinajstić information content (AvgIpc) is 2.99. The number of amides is 3. The normalized spacial score (nSPS) is 24.2. The molecule has 3 aliphatic carbocycles. The quantitative estimate of drug-likeness (QED) is 0.101. The van der Waals surface area contributed by atoms with E-state index in [2.05, 4.69) is 25.7 Å². The SMILES string of the molecule is CCOC(=O)CC(NS(=O)(=O)C1CCCC(NC(=O)C2CCCC(N=C(NC(=O)OC(C)(C)C)NC(=O)OC(C)(C)C)C2)C1)C1CCCCC1. The zero-order valence-electron chi connectivity index (χ0n) is 31.1. The molecule has 14 nitrogen and oxygen atoms in total. The van der Waals surface area contributed by atoms with Gasteiger partial charge in [0.05, 0.1) is 24.3 Å². The molecule has 4 N–H and O–H groups in total. The van der Waals surface area contributed by atoms with E-state index >= 15 is 0 Å². The lowest BCUT2D eigenvalue weighted by atomic mass is 9.83. The highest BCUT2D eigenvalue weighted by atomic mass is 32.2. The van der Waals surface area contributed by atoms with Crippen molar-refractivity contribution in [3.8, 4) is 0 Å². The number of ether oxygens (including phenoxy) is 3. The second kappa shape index (κ2) is 18.5. The molecule has 0 saturated heterocycles. The van der Waals surface area contributed by atoms with Crippen LogP contribution in [0.1, 0.15) is 138 Å². The molecular formula is C35H61N5O9S. The Hall–Kier alpha value is -2.94. The summed E-state index contributed by atoms with van der Waals surface area (Å²) in [6.45, 7) is 12.3. The lowest BCUT2D eigenvalue weighted by molar-refractivity contribution is -0.144. The van der Waals surface area contributed by atoms with Gasteiger partial charge in [0.15, 0.2) is 0 Å². The Morgan fingerprint density at radius 3 is 1.96 bits per heavy atom. The van der Waals surface area contributed by atoms with E-state index in [0.29, 0.717) is 44.9 Å². The van der Waals surface area contributed by atoms with Crippen molar-refractivity contribution in [3.05, 3.63) is 0 Å². The van der Waals surface area contributed by atoms with Crippen LogP contribution in [0.15, 0.2) is 4.99 Å². The minimum Gasteiger partial charge on any atom is -0.466 e. The maximum atomic E-state index is 13.7. The lowest BCUT2D eigenvalue weighted by Crippen LogP contribution is -2.50. The third-order valence-corrected chi connectivity index (χ3v) is 11.1. The Labute approximate surface area is 298 Å². The number of esters is 1. The first kappa shape index (κ1) is 41.5. The number of nitrogens with one attached hydrogen (secondary N) is 4. The van der Waals surface area contributed by atoms with E-state index in [1.807, 2.05) is 0 Å². The Morgan fingerprint density at radius 2 is 1.38 bits per heavy atom. The predicted molar refractivity (Wildman–Crippen MR) is 190 cm³/mol. The molecule has 0 aromatic carbocycles. The number of carbonyl (C=O) groups excluding carboxylic acids is 4. The molecule has 0 aromatic heterocycles. The third kappa shape index (κ3) is 14.7. The van der Waals surface area contributed by atoms with Crippen LogP contribution >= 0.6 is 0 Å². The molecular weight excluding hydrogens is 666 g/mol. The molecule has 0 aliphatic heterocycles.